The van der Waals surface area contributed by atoms with Crippen molar-refractivity contribution in [3.63, 3.8) is 0 Å². The molecule has 6 heteroatoms. The highest BCUT2D eigenvalue weighted by Gasteiger charge is 2.13. The van der Waals surface area contributed by atoms with Crippen LogP contribution in [-0.2, 0) is 0 Å². The maximum atomic E-state index is 5.84. The molecule has 0 fully saturated rings. The number of rotatable bonds is 8. The maximum absolute atomic E-state index is 5.84. The zero-order valence-corrected chi connectivity index (χ0v) is 23.1. The van der Waals surface area contributed by atoms with Gasteiger partial charge in [-0.25, -0.2) is 9.50 Å². The molecule has 192 valence electrons. The SMILES string of the molecule is CCCCN(C)CCC.Cc1ccc(-c2cnc3c(-c4ccc(SN)c5ccccc45)cnn3c2)cc1. The van der Waals surface area contributed by atoms with Crippen molar-refractivity contribution in [3.05, 3.63) is 84.8 Å². The molecule has 3 aromatic carbocycles. The van der Waals surface area contributed by atoms with Crippen molar-refractivity contribution in [2.75, 3.05) is 20.1 Å². The Bertz CT molecular complexity index is 1440. The molecule has 0 aliphatic carbocycles. The Morgan fingerprint density at radius 3 is 2.30 bits per heavy atom. The molecule has 2 aromatic heterocycles. The lowest BCUT2D eigenvalue weighted by molar-refractivity contribution is 0.329. The fourth-order valence-corrected chi connectivity index (χ4v) is 4.94. The second-order valence-electron chi connectivity index (χ2n) is 9.47. The van der Waals surface area contributed by atoms with Crippen LogP contribution in [0.3, 0.4) is 0 Å². The number of hydrogen-bond acceptors (Lipinski definition) is 5. The average Bonchev–Trinajstić information content (AvgIpc) is 3.35. The molecule has 0 aliphatic rings. The Kier molecular flexibility index (Phi) is 9.34. The smallest absolute Gasteiger partial charge is 0.162 e. The van der Waals surface area contributed by atoms with E-state index in [4.69, 9.17) is 10.1 Å². The first kappa shape index (κ1) is 26.9. The van der Waals surface area contributed by atoms with Crippen LogP contribution in [0.5, 0.6) is 0 Å². The molecule has 2 heterocycles. The highest BCUT2D eigenvalue weighted by atomic mass is 32.2. The van der Waals surface area contributed by atoms with Crippen molar-refractivity contribution in [3.8, 4) is 22.3 Å². The molecule has 5 aromatic rings. The molecule has 5 nitrogen and oxygen atoms in total. The first-order chi connectivity index (χ1) is 18.0. The third-order valence-corrected chi connectivity index (χ3v) is 7.15. The first-order valence-electron chi connectivity index (χ1n) is 13.0. The van der Waals surface area contributed by atoms with Crippen LogP contribution in [0.15, 0.2) is 84.1 Å². The lowest BCUT2D eigenvalue weighted by atomic mass is 10.00. The van der Waals surface area contributed by atoms with Crippen molar-refractivity contribution in [2.45, 2.75) is 44.9 Å². The number of nitrogens with two attached hydrogens (primary N) is 1. The van der Waals surface area contributed by atoms with Crippen LogP contribution < -0.4 is 5.14 Å². The zero-order chi connectivity index (χ0) is 26.2. The van der Waals surface area contributed by atoms with E-state index in [9.17, 15) is 0 Å². The van der Waals surface area contributed by atoms with Crippen LogP contribution in [0.4, 0.5) is 0 Å². The average molecular weight is 512 g/mol. The van der Waals surface area contributed by atoms with Crippen molar-refractivity contribution in [1.29, 1.82) is 0 Å². The van der Waals surface area contributed by atoms with Gasteiger partial charge < -0.3 is 4.90 Å². The molecule has 37 heavy (non-hydrogen) atoms. The summed E-state index contributed by atoms with van der Waals surface area (Å²) < 4.78 is 1.85. The van der Waals surface area contributed by atoms with Crippen molar-refractivity contribution in [1.82, 2.24) is 19.5 Å². The van der Waals surface area contributed by atoms with Crippen LogP contribution in [-0.4, -0.2) is 39.6 Å². The van der Waals surface area contributed by atoms with E-state index in [-0.39, 0.29) is 0 Å². The highest BCUT2D eigenvalue weighted by molar-refractivity contribution is 7.97. The summed E-state index contributed by atoms with van der Waals surface area (Å²) in [5.74, 6) is 0. The fraction of sp³-hybridized carbons (Fsp3) is 0.290. The molecular weight excluding hydrogens is 474 g/mol. The molecule has 0 aliphatic heterocycles. The van der Waals surface area contributed by atoms with Gasteiger partial charge in [0.15, 0.2) is 5.65 Å². The van der Waals surface area contributed by atoms with Gasteiger partial charge in [-0.3, -0.25) is 5.14 Å². The predicted octanol–water partition coefficient (Wildman–Crippen LogP) is 7.62. The molecule has 0 atom stereocenters. The molecule has 0 saturated heterocycles. The summed E-state index contributed by atoms with van der Waals surface area (Å²) in [6, 6.07) is 20.9. The highest BCUT2D eigenvalue weighted by Crippen LogP contribution is 2.35. The number of aromatic nitrogens is 3. The molecule has 0 radical (unpaired) electrons. The number of hydrogen-bond donors (Lipinski definition) is 1. The fourth-order valence-electron chi connectivity index (χ4n) is 4.49. The second-order valence-corrected chi connectivity index (χ2v) is 10.1. The van der Waals surface area contributed by atoms with E-state index in [0.29, 0.717) is 0 Å². The van der Waals surface area contributed by atoms with Gasteiger partial charge >= 0.3 is 0 Å². The van der Waals surface area contributed by atoms with Gasteiger partial charge in [0.2, 0.25) is 0 Å². The van der Waals surface area contributed by atoms with Crippen LogP contribution in [0.2, 0.25) is 0 Å². The Morgan fingerprint density at radius 1 is 0.838 bits per heavy atom. The topological polar surface area (TPSA) is 59.5 Å². The van der Waals surface area contributed by atoms with E-state index in [1.165, 1.54) is 49.9 Å². The summed E-state index contributed by atoms with van der Waals surface area (Å²) in [6.45, 7) is 9.07. The molecule has 0 amide bonds. The summed E-state index contributed by atoms with van der Waals surface area (Å²) in [7, 11) is 2.19. The number of benzene rings is 3. The lowest BCUT2D eigenvalue weighted by Gasteiger charge is -2.13. The van der Waals surface area contributed by atoms with E-state index in [0.717, 1.165) is 43.6 Å². The van der Waals surface area contributed by atoms with E-state index < -0.39 is 0 Å². The quantitative estimate of drug-likeness (QED) is 0.217. The predicted molar refractivity (Wildman–Crippen MR) is 159 cm³/mol. The second kappa shape index (κ2) is 12.9. The first-order valence-corrected chi connectivity index (χ1v) is 13.9. The van der Waals surface area contributed by atoms with Gasteiger partial charge in [-0.15, -0.1) is 0 Å². The molecule has 5 rings (SSSR count). The minimum atomic E-state index is 0.842. The van der Waals surface area contributed by atoms with Crippen LogP contribution in [0.25, 0.3) is 38.7 Å². The third-order valence-electron chi connectivity index (χ3n) is 6.54. The summed E-state index contributed by atoms with van der Waals surface area (Å²) >= 11 is 1.27. The van der Waals surface area contributed by atoms with Crippen LogP contribution in [0.1, 0.15) is 38.7 Å². The molecule has 2 N–H and O–H groups in total. The summed E-state index contributed by atoms with van der Waals surface area (Å²) in [4.78, 5) is 8.19. The monoisotopic (exact) mass is 511 g/mol. The number of nitrogens with zero attached hydrogens (tertiary/aromatic N) is 4. The zero-order valence-electron chi connectivity index (χ0n) is 22.3. The number of unbranched alkanes of at least 4 members (excludes halogenated alkanes) is 1. The van der Waals surface area contributed by atoms with Gasteiger partial charge in [0, 0.05) is 28.4 Å². The Morgan fingerprint density at radius 2 is 1.59 bits per heavy atom. The number of aryl methyl sites for hydroxylation is 1. The number of fused-ring (bicyclic) bond motifs is 2. The molecule has 0 spiro atoms. The van der Waals surface area contributed by atoms with E-state index in [1.54, 1.807) is 0 Å². The molecule has 0 bridgehead atoms. The van der Waals surface area contributed by atoms with E-state index >= 15 is 0 Å². The summed E-state index contributed by atoms with van der Waals surface area (Å²) in [5, 5.41) is 12.7. The van der Waals surface area contributed by atoms with Gasteiger partial charge in [-0.05, 0) is 79.8 Å². The Balaban J connectivity index is 0.000000307. The van der Waals surface area contributed by atoms with E-state index in [2.05, 4.69) is 86.3 Å². The van der Waals surface area contributed by atoms with E-state index in [1.807, 2.05) is 35.2 Å². The molecule has 0 saturated carbocycles. The minimum absolute atomic E-state index is 0.842. The van der Waals surface area contributed by atoms with Gasteiger partial charge in [0.05, 0.1) is 6.20 Å². The van der Waals surface area contributed by atoms with Gasteiger partial charge in [0.1, 0.15) is 0 Å². The minimum Gasteiger partial charge on any atom is -0.306 e. The molecule has 0 unspecified atom stereocenters. The standard InChI is InChI=1S/C23H18N4S.C8H19N/c1-15-6-8-16(9-7-15)17-12-25-23-21(13-26-27(23)14-17)19-10-11-22(28-24)20-5-3-2-4-18(19)20;1-4-6-8-9(3)7-5-2/h2-14H,24H2,1H3;4-8H2,1-3H3. The summed E-state index contributed by atoms with van der Waals surface area (Å²) in [5.41, 5.74) is 6.38. The lowest BCUT2D eigenvalue weighted by Crippen LogP contribution is -2.19. The van der Waals surface area contributed by atoms with Gasteiger partial charge in [-0.2, -0.15) is 5.10 Å². The van der Waals surface area contributed by atoms with Crippen LogP contribution in [0, 0.1) is 6.92 Å². The van der Waals surface area contributed by atoms with Gasteiger partial charge in [-0.1, -0.05) is 80.4 Å². The van der Waals surface area contributed by atoms with Crippen LogP contribution >= 0.6 is 11.9 Å². The maximum Gasteiger partial charge on any atom is 0.162 e. The molecular formula is C31H37N5S. The van der Waals surface area contributed by atoms with Crippen molar-refractivity contribution in [2.24, 2.45) is 5.14 Å². The Hall–Kier alpha value is -3.19. The van der Waals surface area contributed by atoms with Crippen molar-refractivity contribution < 1.29 is 0 Å². The third kappa shape index (κ3) is 6.39. The van der Waals surface area contributed by atoms with Gasteiger partial charge in [0.25, 0.3) is 0 Å². The summed E-state index contributed by atoms with van der Waals surface area (Å²) in [6.07, 6.45) is 9.77. The normalized spacial score (nSPS) is 11.2. The Labute approximate surface area is 224 Å². The van der Waals surface area contributed by atoms with Crippen molar-refractivity contribution >= 4 is 28.4 Å². The largest absolute Gasteiger partial charge is 0.306 e.